The lowest BCUT2D eigenvalue weighted by atomic mass is 9.71. The predicted molar refractivity (Wildman–Crippen MR) is 122 cm³/mol. The molecular weight excluding hydrogens is 442 g/mol. The number of rotatable bonds is 4. The predicted octanol–water partition coefficient (Wildman–Crippen LogP) is 3.09. The van der Waals surface area contributed by atoms with E-state index in [1.807, 2.05) is 0 Å². The van der Waals surface area contributed by atoms with Crippen LogP contribution in [0, 0.1) is 12.3 Å². The molecule has 4 aromatic heterocycles. The molecule has 2 aliphatic rings. The molecule has 34 heavy (non-hydrogen) atoms. The van der Waals surface area contributed by atoms with Gasteiger partial charge in [-0.2, -0.15) is 4.98 Å². The van der Waals surface area contributed by atoms with Crippen molar-refractivity contribution in [1.82, 2.24) is 29.1 Å². The van der Waals surface area contributed by atoms with Gasteiger partial charge in [0.1, 0.15) is 16.9 Å². The van der Waals surface area contributed by atoms with Gasteiger partial charge in [0.2, 0.25) is 5.62 Å². The van der Waals surface area contributed by atoms with Crippen molar-refractivity contribution in [1.29, 1.82) is 0 Å². The molecule has 9 nitrogen and oxygen atoms in total. The van der Waals surface area contributed by atoms with Crippen molar-refractivity contribution in [3.8, 4) is 11.3 Å². The summed E-state index contributed by atoms with van der Waals surface area (Å²) >= 11 is 0. The molecule has 6 rings (SSSR count). The molecule has 11 heteroatoms. The van der Waals surface area contributed by atoms with Crippen LogP contribution in [0.2, 0.25) is 0 Å². The second-order valence-electron chi connectivity index (χ2n) is 9.36. The second kappa shape index (κ2) is 7.86. The summed E-state index contributed by atoms with van der Waals surface area (Å²) in [6.45, 7) is 2.88. The smallest absolute Gasteiger partial charge is 0.256 e. The summed E-state index contributed by atoms with van der Waals surface area (Å²) in [5.74, 6) is 0.682. The minimum atomic E-state index is -2.53. The van der Waals surface area contributed by atoms with Gasteiger partial charge in [0.15, 0.2) is 11.5 Å². The molecule has 0 bridgehead atoms. The third-order valence-electron chi connectivity index (χ3n) is 7.01. The van der Waals surface area contributed by atoms with E-state index in [1.165, 1.54) is 9.08 Å². The van der Waals surface area contributed by atoms with E-state index in [2.05, 4.69) is 20.1 Å². The number of imidazole rings is 1. The van der Waals surface area contributed by atoms with E-state index in [-0.39, 0.29) is 18.0 Å². The van der Waals surface area contributed by atoms with E-state index in [1.54, 1.807) is 25.1 Å². The Morgan fingerprint density at radius 2 is 2.06 bits per heavy atom. The van der Waals surface area contributed by atoms with Crippen molar-refractivity contribution in [2.24, 2.45) is 10.4 Å². The van der Waals surface area contributed by atoms with Crippen LogP contribution >= 0.6 is 0 Å². The molecular formula is C23H26F2N8O. The largest absolute Gasteiger partial charge is 0.382 e. The van der Waals surface area contributed by atoms with E-state index in [9.17, 15) is 8.78 Å². The maximum Gasteiger partial charge on any atom is 0.256 e. The van der Waals surface area contributed by atoms with Crippen LogP contribution in [-0.4, -0.2) is 54.8 Å². The Balaban J connectivity index is 1.38. The highest BCUT2D eigenvalue weighted by atomic mass is 19.3. The Labute approximate surface area is 195 Å². The van der Waals surface area contributed by atoms with Crippen molar-refractivity contribution in [3.63, 3.8) is 0 Å². The fraction of sp³-hybridized carbons (Fsp3) is 0.478. The van der Waals surface area contributed by atoms with E-state index >= 15 is 0 Å². The zero-order valence-corrected chi connectivity index (χ0v) is 18.8. The molecule has 1 aliphatic heterocycles. The molecule has 1 saturated heterocycles. The summed E-state index contributed by atoms with van der Waals surface area (Å²) < 4.78 is 43.0. The molecule has 0 aromatic carbocycles. The van der Waals surface area contributed by atoms with Crippen molar-refractivity contribution in [2.45, 2.75) is 51.6 Å². The van der Waals surface area contributed by atoms with Crippen molar-refractivity contribution < 1.29 is 14.9 Å². The maximum atomic E-state index is 13.1. The van der Waals surface area contributed by atoms with Gasteiger partial charge in [-0.05, 0) is 50.8 Å². The summed E-state index contributed by atoms with van der Waals surface area (Å²) in [6, 6.07) is 5.26. The third kappa shape index (κ3) is 3.54. The second-order valence-corrected chi connectivity index (χ2v) is 9.36. The highest BCUT2D eigenvalue weighted by Gasteiger charge is 2.41. The minimum absolute atomic E-state index is 0.147. The van der Waals surface area contributed by atoms with Crippen LogP contribution in [0.25, 0.3) is 27.9 Å². The number of alkyl halides is 2. The molecule has 0 amide bonds. The van der Waals surface area contributed by atoms with Gasteiger partial charge in [-0.1, -0.05) is 0 Å². The molecule has 1 aliphatic carbocycles. The van der Waals surface area contributed by atoms with E-state index in [0.717, 1.165) is 38.9 Å². The van der Waals surface area contributed by atoms with Crippen LogP contribution in [0.3, 0.4) is 0 Å². The number of nitrogen functional groups attached to an aromatic ring is 1. The molecule has 5 heterocycles. The van der Waals surface area contributed by atoms with Gasteiger partial charge in [-0.3, -0.25) is 9.61 Å². The number of hydrogen-bond donors (Lipinski definition) is 2. The van der Waals surface area contributed by atoms with Crippen molar-refractivity contribution in [3.05, 3.63) is 35.8 Å². The zero-order valence-electron chi connectivity index (χ0n) is 19.8. The van der Waals surface area contributed by atoms with Gasteiger partial charge in [0, 0.05) is 17.2 Å². The molecule has 0 radical (unpaired) electrons. The Hall–Kier alpha value is -3.34. The third-order valence-corrected chi connectivity index (χ3v) is 7.01. The van der Waals surface area contributed by atoms with Crippen LogP contribution in [0.4, 0.5) is 14.6 Å². The normalized spacial score (nSPS) is 19.4. The van der Waals surface area contributed by atoms with Gasteiger partial charge >= 0.3 is 0 Å². The quantitative estimate of drug-likeness (QED) is 0.477. The number of ether oxygens (including phenoxy) is 1. The summed E-state index contributed by atoms with van der Waals surface area (Å²) in [4.78, 5) is 18.2. The molecule has 0 atom stereocenters. The van der Waals surface area contributed by atoms with Crippen LogP contribution in [0.15, 0.2) is 29.4 Å². The minimum Gasteiger partial charge on any atom is -0.382 e. The van der Waals surface area contributed by atoms with Gasteiger partial charge in [-0.15, -0.1) is 0 Å². The summed E-state index contributed by atoms with van der Waals surface area (Å²) in [5.41, 5.74) is 9.52. The first-order chi connectivity index (χ1) is 16.8. The van der Waals surface area contributed by atoms with Crippen LogP contribution in [0.1, 0.15) is 32.9 Å². The Morgan fingerprint density at radius 3 is 2.76 bits per heavy atom. The average Bonchev–Trinajstić information content (AvgIpc) is 3.29. The summed E-state index contributed by atoms with van der Waals surface area (Å²) in [6.07, 6.45) is 1.75. The summed E-state index contributed by atoms with van der Waals surface area (Å²) in [5, 5.41) is 3.10. The van der Waals surface area contributed by atoms with E-state index < -0.39 is 13.0 Å². The number of aromatic nitrogens is 6. The van der Waals surface area contributed by atoms with E-state index in [0.29, 0.717) is 44.8 Å². The van der Waals surface area contributed by atoms with Crippen LogP contribution in [-0.2, 0) is 11.3 Å². The monoisotopic (exact) mass is 469 g/mol. The molecule has 3 N–H and O–H groups in total. The molecule has 2 fully saturated rings. The number of nitrogens with two attached hydrogens (primary N) is 1. The maximum absolute atomic E-state index is 13.1. The number of H-pyrrole nitrogens is 1. The molecule has 178 valence electrons. The number of fused-ring (bicyclic) bond motifs is 2. The number of nitrogens with zero attached hydrogens (tertiary/aromatic N) is 6. The fourth-order valence-electron chi connectivity index (χ4n) is 5.09. The van der Waals surface area contributed by atoms with Crippen molar-refractivity contribution >= 4 is 22.5 Å². The summed E-state index contributed by atoms with van der Waals surface area (Å²) in [7, 11) is 0. The Morgan fingerprint density at radius 1 is 1.26 bits per heavy atom. The zero-order chi connectivity index (χ0) is 24.3. The number of halogens is 2. The molecule has 4 aromatic rings. The fourth-order valence-corrected chi connectivity index (χ4v) is 5.09. The number of nitrogens with one attached hydrogen (secondary N) is 1. The lowest BCUT2D eigenvalue weighted by molar-refractivity contribution is -0.132. The first-order valence-corrected chi connectivity index (χ1v) is 11.4. The van der Waals surface area contributed by atoms with Crippen molar-refractivity contribution in [2.75, 3.05) is 18.9 Å². The molecule has 1 saturated carbocycles. The topological polar surface area (TPSA) is 111 Å². The number of anilines is 1. The van der Waals surface area contributed by atoms with E-state index in [4.69, 9.17) is 16.8 Å². The average molecular weight is 470 g/mol. The number of hydrogen-bond acceptors (Lipinski definition) is 6. The first-order valence-electron chi connectivity index (χ1n) is 11.9. The lowest BCUT2D eigenvalue weighted by Crippen LogP contribution is -2.45. The lowest BCUT2D eigenvalue weighted by Gasteiger charge is -2.45. The highest BCUT2D eigenvalue weighted by Crippen LogP contribution is 2.42. The first kappa shape index (κ1) is 20.1. The Bertz CT molecular complexity index is 1490. The number of aryl methyl sites for hydroxylation is 1. The number of aromatic amines is 1. The van der Waals surface area contributed by atoms with Crippen LogP contribution < -0.4 is 11.4 Å². The van der Waals surface area contributed by atoms with Gasteiger partial charge in [0.05, 0.1) is 32.9 Å². The molecule has 0 unspecified atom stereocenters. The standard InChI is InChI=1S/C23H26F2N8O/c1-13-27-17-3-2-16(29-21(17)32(13)10-18(24)25)15-6-9-33-19(15)20(26)30-22(31-33)28-14-4-7-23(8-5-14)11-34-12-23/h2-3,6,9,14,18H,4-5,7-8,10-12H2,1H3,(H3,26,28,30,31)/i9D. The Kier molecular flexibility index (Phi) is 4.64. The van der Waals surface area contributed by atoms with Gasteiger partial charge in [-0.25, -0.2) is 23.7 Å². The van der Waals surface area contributed by atoms with Gasteiger partial charge in [0.25, 0.3) is 6.43 Å². The highest BCUT2D eigenvalue weighted by molar-refractivity contribution is 5.88. The van der Waals surface area contributed by atoms with Crippen LogP contribution in [0.5, 0.6) is 0 Å². The SMILES string of the molecule is [2H]c1cc(-c2ccc3nc(C)n(CC(F)F)c3n2)c2c(N)nc(=NC3CCC4(CC3)COC4)[nH]n12. The molecule has 1 spiro atoms. The number of pyridine rings is 1. The van der Waals surface area contributed by atoms with Gasteiger partial charge < -0.3 is 15.0 Å².